The van der Waals surface area contributed by atoms with Gasteiger partial charge in [0.15, 0.2) is 0 Å². The van der Waals surface area contributed by atoms with Crippen molar-refractivity contribution in [3.05, 3.63) is 62.4 Å². The molecule has 0 aliphatic carbocycles. The number of nitrogens with zero attached hydrogens (tertiary/aromatic N) is 2. The maximum absolute atomic E-state index is 14.5. The van der Waals surface area contributed by atoms with Crippen molar-refractivity contribution in [1.82, 2.24) is 9.78 Å². The molecule has 2 aromatic carbocycles. The molecule has 0 N–H and O–H groups in total. The van der Waals surface area contributed by atoms with E-state index in [-0.39, 0.29) is 27.6 Å². The zero-order chi connectivity index (χ0) is 20.6. The Hall–Kier alpha value is -2.64. The molecule has 1 aromatic heterocycles. The van der Waals surface area contributed by atoms with Crippen LogP contribution in [0.5, 0.6) is 11.5 Å². The smallest absolute Gasteiger partial charge is 0.285 e. The van der Waals surface area contributed by atoms with Crippen LogP contribution in [0.2, 0.25) is 10.0 Å². The highest BCUT2D eigenvalue weighted by Gasteiger charge is 2.26. The van der Waals surface area contributed by atoms with Gasteiger partial charge >= 0.3 is 0 Å². The molecule has 0 unspecified atom stereocenters. The molecule has 0 saturated carbocycles. The molecular formula is C19H14Cl2F2N2O3. The minimum atomic E-state index is -0.899. The molecule has 0 amide bonds. The second-order valence-electron chi connectivity index (χ2n) is 5.75. The molecule has 5 nitrogen and oxygen atoms in total. The Morgan fingerprint density at radius 3 is 2.21 bits per heavy atom. The average Bonchev–Trinajstić information content (AvgIpc) is 2.67. The topological polar surface area (TPSA) is 53.4 Å². The Balaban J connectivity index is 2.49. The van der Waals surface area contributed by atoms with Crippen molar-refractivity contribution in [3.63, 3.8) is 0 Å². The van der Waals surface area contributed by atoms with Crippen molar-refractivity contribution in [2.24, 2.45) is 7.05 Å². The van der Waals surface area contributed by atoms with Crippen molar-refractivity contribution in [1.29, 1.82) is 0 Å². The number of hydrogen-bond donors (Lipinski definition) is 0. The maximum Gasteiger partial charge on any atom is 0.285 e. The number of hydrogen-bond acceptors (Lipinski definition) is 4. The molecule has 1 heterocycles. The van der Waals surface area contributed by atoms with Crippen LogP contribution in [0.4, 0.5) is 8.78 Å². The highest BCUT2D eigenvalue weighted by molar-refractivity contribution is 6.36. The summed E-state index contributed by atoms with van der Waals surface area (Å²) >= 11 is 12.6. The van der Waals surface area contributed by atoms with E-state index in [1.807, 2.05) is 0 Å². The van der Waals surface area contributed by atoms with Gasteiger partial charge in [-0.2, -0.15) is 5.10 Å². The normalized spacial score (nSPS) is 10.8. The molecule has 0 aliphatic rings. The van der Waals surface area contributed by atoms with Gasteiger partial charge in [-0.1, -0.05) is 29.3 Å². The molecule has 146 valence electrons. The first-order chi connectivity index (χ1) is 13.3. The Labute approximate surface area is 169 Å². The first-order valence-electron chi connectivity index (χ1n) is 7.93. The third kappa shape index (κ3) is 3.31. The first kappa shape index (κ1) is 20.1. The Bertz CT molecular complexity index is 1110. The van der Waals surface area contributed by atoms with Crippen molar-refractivity contribution in [2.75, 3.05) is 14.2 Å². The van der Waals surface area contributed by atoms with Crippen LogP contribution in [0.25, 0.3) is 22.4 Å². The summed E-state index contributed by atoms with van der Waals surface area (Å²) in [6.07, 6.45) is 0. The SMILES string of the molecule is COc1cc(OC)c(Cl)c(-c2nn(C)c(=O)c(Cl)c2-c2c(F)cccc2F)c1. The van der Waals surface area contributed by atoms with Gasteiger partial charge in [0.1, 0.15) is 33.9 Å². The maximum atomic E-state index is 14.5. The van der Waals surface area contributed by atoms with Crippen molar-refractivity contribution in [2.45, 2.75) is 0 Å². The van der Waals surface area contributed by atoms with E-state index in [2.05, 4.69) is 5.10 Å². The number of aryl methyl sites for hydroxylation is 1. The van der Waals surface area contributed by atoms with E-state index in [9.17, 15) is 13.6 Å². The molecule has 3 aromatic rings. The third-order valence-corrected chi connectivity index (χ3v) is 4.86. The van der Waals surface area contributed by atoms with Crippen LogP contribution >= 0.6 is 23.2 Å². The van der Waals surface area contributed by atoms with Gasteiger partial charge in [0.05, 0.1) is 24.8 Å². The molecule has 0 spiro atoms. The molecule has 0 saturated heterocycles. The molecule has 0 aliphatic heterocycles. The quantitative estimate of drug-likeness (QED) is 0.605. The summed E-state index contributed by atoms with van der Waals surface area (Å²) in [5, 5.41) is 3.89. The van der Waals surface area contributed by atoms with E-state index in [4.69, 9.17) is 32.7 Å². The number of benzene rings is 2. The minimum absolute atomic E-state index is 0.00157. The van der Waals surface area contributed by atoms with Crippen molar-refractivity contribution < 1.29 is 18.3 Å². The summed E-state index contributed by atoms with van der Waals surface area (Å²) in [5.74, 6) is -1.18. The highest BCUT2D eigenvalue weighted by atomic mass is 35.5. The first-order valence-corrected chi connectivity index (χ1v) is 8.68. The number of aromatic nitrogens is 2. The van der Waals surface area contributed by atoms with Gasteiger partial charge in [-0.25, -0.2) is 13.5 Å². The molecule has 0 radical (unpaired) electrons. The van der Waals surface area contributed by atoms with E-state index in [1.165, 1.54) is 33.4 Å². The highest BCUT2D eigenvalue weighted by Crippen LogP contribution is 2.44. The molecule has 3 rings (SSSR count). The minimum Gasteiger partial charge on any atom is -0.497 e. The summed E-state index contributed by atoms with van der Waals surface area (Å²) in [7, 11) is 4.21. The summed E-state index contributed by atoms with van der Waals surface area (Å²) in [4.78, 5) is 12.3. The standard InChI is InChI=1S/C19H14Cl2F2N2O3/c1-25-19(26)17(21)15(14-11(22)5-4-6-12(14)23)18(24-25)10-7-9(27-2)8-13(28-3)16(10)20/h4-8H,1-3H3. The summed E-state index contributed by atoms with van der Waals surface area (Å²) < 4.78 is 40.5. The lowest BCUT2D eigenvalue weighted by Crippen LogP contribution is -2.22. The fourth-order valence-corrected chi connectivity index (χ4v) is 3.35. The van der Waals surface area contributed by atoms with Crippen molar-refractivity contribution >= 4 is 23.2 Å². The van der Waals surface area contributed by atoms with E-state index in [0.29, 0.717) is 5.75 Å². The van der Waals surface area contributed by atoms with Crippen LogP contribution in [0.3, 0.4) is 0 Å². The number of rotatable bonds is 4. The number of halogens is 4. The van der Waals surface area contributed by atoms with Gasteiger partial charge in [-0.15, -0.1) is 0 Å². The van der Waals surface area contributed by atoms with E-state index < -0.39 is 27.8 Å². The molecule has 9 heteroatoms. The Morgan fingerprint density at radius 2 is 1.64 bits per heavy atom. The lowest BCUT2D eigenvalue weighted by Gasteiger charge is -2.17. The van der Waals surface area contributed by atoms with E-state index in [1.54, 1.807) is 6.07 Å². The van der Waals surface area contributed by atoms with Crippen LogP contribution in [-0.2, 0) is 7.05 Å². The van der Waals surface area contributed by atoms with Gasteiger partial charge in [0.2, 0.25) is 0 Å². The van der Waals surface area contributed by atoms with Gasteiger partial charge in [0, 0.05) is 24.2 Å². The summed E-state index contributed by atoms with van der Waals surface area (Å²) in [5.41, 5.74) is -1.18. The van der Waals surface area contributed by atoms with Gasteiger partial charge < -0.3 is 9.47 Å². The zero-order valence-corrected chi connectivity index (χ0v) is 16.5. The molecule has 0 bridgehead atoms. The largest absolute Gasteiger partial charge is 0.497 e. The second kappa shape index (κ2) is 7.77. The molecule has 0 atom stereocenters. The Morgan fingerprint density at radius 1 is 1.00 bits per heavy atom. The summed E-state index contributed by atoms with van der Waals surface area (Å²) in [6, 6.07) is 6.38. The Kier molecular flexibility index (Phi) is 5.58. The van der Waals surface area contributed by atoms with Gasteiger partial charge in [-0.3, -0.25) is 4.79 Å². The van der Waals surface area contributed by atoms with Gasteiger partial charge in [-0.05, 0) is 18.2 Å². The van der Waals surface area contributed by atoms with E-state index in [0.717, 1.165) is 16.8 Å². The fourth-order valence-electron chi connectivity index (χ4n) is 2.76. The number of methoxy groups -OCH3 is 2. The predicted molar refractivity (Wildman–Crippen MR) is 103 cm³/mol. The van der Waals surface area contributed by atoms with Gasteiger partial charge in [0.25, 0.3) is 5.56 Å². The molecular weight excluding hydrogens is 413 g/mol. The monoisotopic (exact) mass is 426 g/mol. The third-order valence-electron chi connectivity index (χ3n) is 4.12. The van der Waals surface area contributed by atoms with Crippen LogP contribution in [0.1, 0.15) is 0 Å². The predicted octanol–water partition coefficient (Wildman–Crippen LogP) is 4.72. The van der Waals surface area contributed by atoms with Crippen LogP contribution in [-0.4, -0.2) is 24.0 Å². The van der Waals surface area contributed by atoms with E-state index >= 15 is 0 Å². The van der Waals surface area contributed by atoms with Crippen LogP contribution < -0.4 is 15.0 Å². The van der Waals surface area contributed by atoms with Crippen LogP contribution in [0.15, 0.2) is 35.1 Å². The van der Waals surface area contributed by atoms with Crippen LogP contribution in [0, 0.1) is 11.6 Å². The fraction of sp³-hybridized carbons (Fsp3) is 0.158. The number of ether oxygens (including phenoxy) is 2. The molecule has 0 fully saturated rings. The lowest BCUT2D eigenvalue weighted by molar-refractivity contribution is 0.395. The lowest BCUT2D eigenvalue weighted by atomic mass is 9.98. The zero-order valence-electron chi connectivity index (χ0n) is 15.0. The second-order valence-corrected chi connectivity index (χ2v) is 6.51. The summed E-state index contributed by atoms with van der Waals surface area (Å²) in [6.45, 7) is 0. The average molecular weight is 427 g/mol. The molecule has 28 heavy (non-hydrogen) atoms. The van der Waals surface area contributed by atoms with Crippen molar-refractivity contribution in [3.8, 4) is 33.9 Å².